The Balaban J connectivity index is 2.95. The predicted molar refractivity (Wildman–Crippen MR) is 56.3 cm³/mol. The highest BCUT2D eigenvalue weighted by Gasteiger charge is 2.26. The van der Waals surface area contributed by atoms with Gasteiger partial charge in [0.1, 0.15) is 0 Å². The molecule has 0 aromatic carbocycles. The lowest BCUT2D eigenvalue weighted by Crippen LogP contribution is -2.24. The molecule has 0 amide bonds. The molecule has 0 spiro atoms. The first kappa shape index (κ1) is 11.0. The number of hydrogen-bond donors (Lipinski definition) is 0. The van der Waals surface area contributed by atoms with Gasteiger partial charge in [-0.2, -0.15) is 0 Å². The number of aromatic nitrogens is 2. The summed E-state index contributed by atoms with van der Waals surface area (Å²) in [4.78, 5) is 16.1. The highest BCUT2D eigenvalue weighted by atomic mass is 16.1. The highest BCUT2D eigenvalue weighted by Crippen LogP contribution is 2.19. The van der Waals surface area contributed by atoms with Crippen LogP contribution in [0.3, 0.4) is 0 Å². The molecule has 0 aliphatic rings. The lowest BCUT2D eigenvalue weighted by Gasteiger charge is -2.16. The molecular weight excluding hydrogens is 176 g/mol. The van der Waals surface area contributed by atoms with Crippen LogP contribution < -0.4 is 0 Å². The lowest BCUT2D eigenvalue weighted by atomic mass is 9.90. The van der Waals surface area contributed by atoms with Crippen LogP contribution in [-0.2, 0) is 6.54 Å². The quantitative estimate of drug-likeness (QED) is 0.693. The fourth-order valence-corrected chi connectivity index (χ4v) is 1.27. The second kappa shape index (κ2) is 3.95. The maximum Gasteiger partial charge on any atom is 0.203 e. The van der Waals surface area contributed by atoms with Crippen molar-refractivity contribution in [3.05, 3.63) is 18.2 Å². The van der Waals surface area contributed by atoms with Crippen LogP contribution in [0.15, 0.2) is 12.4 Å². The van der Waals surface area contributed by atoms with E-state index in [1.807, 2.05) is 31.5 Å². The molecule has 0 radical (unpaired) electrons. The van der Waals surface area contributed by atoms with E-state index in [1.54, 1.807) is 6.20 Å². The zero-order valence-corrected chi connectivity index (χ0v) is 9.37. The molecule has 3 nitrogen and oxygen atoms in total. The topological polar surface area (TPSA) is 34.9 Å². The van der Waals surface area contributed by atoms with Crippen LogP contribution in [-0.4, -0.2) is 15.3 Å². The molecule has 0 atom stereocenters. The molecular formula is C11H18N2O. The largest absolute Gasteiger partial charge is 0.329 e. The second-order valence-corrected chi connectivity index (χ2v) is 4.52. The molecule has 0 N–H and O–H groups in total. The Morgan fingerprint density at radius 1 is 1.50 bits per heavy atom. The molecule has 0 fully saturated rings. The van der Waals surface area contributed by atoms with Crippen molar-refractivity contribution in [2.24, 2.45) is 5.41 Å². The van der Waals surface area contributed by atoms with Crippen LogP contribution >= 0.6 is 0 Å². The number of ketones is 1. The minimum absolute atomic E-state index is 0.107. The molecule has 0 aliphatic heterocycles. The van der Waals surface area contributed by atoms with Gasteiger partial charge in [0.15, 0.2) is 5.82 Å². The Morgan fingerprint density at radius 3 is 2.64 bits per heavy atom. The third-order valence-electron chi connectivity index (χ3n) is 2.06. The van der Waals surface area contributed by atoms with Gasteiger partial charge in [0, 0.05) is 24.4 Å². The number of hydrogen-bond acceptors (Lipinski definition) is 2. The molecule has 14 heavy (non-hydrogen) atoms. The van der Waals surface area contributed by atoms with Crippen molar-refractivity contribution in [3.8, 4) is 0 Å². The van der Waals surface area contributed by atoms with Crippen molar-refractivity contribution in [2.75, 3.05) is 0 Å². The second-order valence-electron chi connectivity index (χ2n) is 4.52. The zero-order chi connectivity index (χ0) is 10.8. The Labute approximate surface area is 85.2 Å². The molecule has 1 heterocycles. The molecule has 3 heteroatoms. The van der Waals surface area contributed by atoms with Crippen LogP contribution in [0.4, 0.5) is 0 Å². The van der Waals surface area contributed by atoms with Crippen molar-refractivity contribution in [1.82, 2.24) is 9.55 Å². The first-order chi connectivity index (χ1) is 6.46. The number of imidazole rings is 1. The minimum atomic E-state index is -0.350. The highest BCUT2D eigenvalue weighted by molar-refractivity contribution is 5.96. The molecule has 1 aromatic heterocycles. The van der Waals surface area contributed by atoms with Gasteiger partial charge >= 0.3 is 0 Å². The van der Waals surface area contributed by atoms with Crippen LogP contribution in [0.2, 0.25) is 0 Å². The van der Waals surface area contributed by atoms with E-state index in [0.29, 0.717) is 5.82 Å². The third-order valence-corrected chi connectivity index (χ3v) is 2.06. The Hall–Kier alpha value is -1.12. The maximum atomic E-state index is 11.9. The van der Waals surface area contributed by atoms with Gasteiger partial charge in [-0.15, -0.1) is 0 Å². The van der Waals surface area contributed by atoms with Crippen molar-refractivity contribution < 1.29 is 4.79 Å². The van der Waals surface area contributed by atoms with Gasteiger partial charge in [-0.05, 0) is 6.42 Å². The predicted octanol–water partition coefficient (Wildman–Crippen LogP) is 2.52. The van der Waals surface area contributed by atoms with Gasteiger partial charge in [0.05, 0.1) is 0 Å². The van der Waals surface area contributed by atoms with Gasteiger partial charge in [0.2, 0.25) is 5.78 Å². The first-order valence-electron chi connectivity index (χ1n) is 5.02. The van der Waals surface area contributed by atoms with Crippen molar-refractivity contribution in [2.45, 2.75) is 40.7 Å². The molecule has 1 aromatic rings. The fraction of sp³-hybridized carbons (Fsp3) is 0.636. The Morgan fingerprint density at radius 2 is 2.14 bits per heavy atom. The molecule has 0 aliphatic carbocycles. The molecule has 1 rings (SSSR count). The van der Waals surface area contributed by atoms with Gasteiger partial charge in [-0.3, -0.25) is 4.79 Å². The minimum Gasteiger partial charge on any atom is -0.329 e. The smallest absolute Gasteiger partial charge is 0.203 e. The van der Waals surface area contributed by atoms with Crippen LogP contribution in [0.1, 0.15) is 44.7 Å². The van der Waals surface area contributed by atoms with Gasteiger partial charge in [-0.25, -0.2) is 4.98 Å². The number of Topliss-reactive ketones (excluding diaryl/α,β-unsaturated/α-hetero) is 1. The standard InChI is InChI=1S/C11H18N2O/c1-5-7-13-8-6-12-10(13)9(14)11(2,3)4/h6,8H,5,7H2,1-4H3. The number of aryl methyl sites for hydroxylation is 1. The van der Waals surface area contributed by atoms with E-state index in [9.17, 15) is 4.79 Å². The summed E-state index contributed by atoms with van der Waals surface area (Å²) in [7, 11) is 0. The van der Waals surface area contributed by atoms with Crippen molar-refractivity contribution >= 4 is 5.78 Å². The van der Waals surface area contributed by atoms with Crippen LogP contribution in [0.25, 0.3) is 0 Å². The van der Waals surface area contributed by atoms with E-state index in [4.69, 9.17) is 0 Å². The number of carbonyl (C=O) groups excluding carboxylic acids is 1. The lowest BCUT2D eigenvalue weighted by molar-refractivity contribution is 0.0842. The van der Waals surface area contributed by atoms with Gasteiger partial charge < -0.3 is 4.57 Å². The summed E-state index contributed by atoms with van der Waals surface area (Å²) in [5.74, 6) is 0.690. The zero-order valence-electron chi connectivity index (χ0n) is 9.37. The summed E-state index contributed by atoms with van der Waals surface area (Å²) in [6.45, 7) is 8.70. The number of nitrogens with zero attached hydrogens (tertiary/aromatic N) is 2. The van der Waals surface area contributed by atoms with E-state index in [2.05, 4.69) is 11.9 Å². The third kappa shape index (κ3) is 2.22. The number of carbonyl (C=O) groups is 1. The SMILES string of the molecule is CCCn1ccnc1C(=O)C(C)(C)C. The summed E-state index contributed by atoms with van der Waals surface area (Å²) >= 11 is 0. The molecule has 0 saturated heterocycles. The maximum absolute atomic E-state index is 11.9. The number of rotatable bonds is 3. The molecule has 0 saturated carbocycles. The van der Waals surface area contributed by atoms with Crippen molar-refractivity contribution in [3.63, 3.8) is 0 Å². The summed E-state index contributed by atoms with van der Waals surface area (Å²) < 4.78 is 1.92. The monoisotopic (exact) mass is 194 g/mol. The summed E-state index contributed by atoms with van der Waals surface area (Å²) in [6, 6.07) is 0. The van der Waals surface area contributed by atoms with E-state index in [1.165, 1.54) is 0 Å². The molecule has 0 bridgehead atoms. The molecule has 78 valence electrons. The Bertz CT molecular complexity index is 320. The fourth-order valence-electron chi connectivity index (χ4n) is 1.27. The Kier molecular flexibility index (Phi) is 3.09. The van der Waals surface area contributed by atoms with Gasteiger partial charge in [-0.1, -0.05) is 27.7 Å². The van der Waals surface area contributed by atoms with Crippen molar-refractivity contribution in [1.29, 1.82) is 0 Å². The van der Waals surface area contributed by atoms with Crippen LogP contribution in [0, 0.1) is 5.41 Å². The normalized spacial score (nSPS) is 11.7. The van der Waals surface area contributed by atoms with E-state index in [-0.39, 0.29) is 11.2 Å². The first-order valence-corrected chi connectivity index (χ1v) is 5.02. The summed E-state index contributed by atoms with van der Waals surface area (Å²) in [5.41, 5.74) is -0.350. The van der Waals surface area contributed by atoms with E-state index in [0.717, 1.165) is 13.0 Å². The van der Waals surface area contributed by atoms with E-state index >= 15 is 0 Å². The molecule has 0 unspecified atom stereocenters. The summed E-state index contributed by atoms with van der Waals surface area (Å²) in [6.07, 6.45) is 4.57. The van der Waals surface area contributed by atoms with Crippen LogP contribution in [0.5, 0.6) is 0 Å². The summed E-state index contributed by atoms with van der Waals surface area (Å²) in [5, 5.41) is 0. The average Bonchev–Trinajstić information content (AvgIpc) is 2.50. The van der Waals surface area contributed by atoms with E-state index < -0.39 is 0 Å². The average molecular weight is 194 g/mol. The van der Waals surface area contributed by atoms with Gasteiger partial charge in [0.25, 0.3) is 0 Å².